The summed E-state index contributed by atoms with van der Waals surface area (Å²) in [5, 5.41) is 9.84. The van der Waals surface area contributed by atoms with E-state index in [1.54, 1.807) is 14.1 Å². The maximum atomic E-state index is 6.59. The van der Waals surface area contributed by atoms with Crippen molar-refractivity contribution < 1.29 is 0 Å². The molecular weight excluding hydrogens is 88.9 g/mol. The van der Waals surface area contributed by atoms with Crippen molar-refractivity contribution in [3.63, 3.8) is 0 Å². The zero-order valence-electron chi connectivity index (χ0n) is 4.18. The average Bonchev–Trinajstić information content (AvgIpc) is 1.72. The van der Waals surface area contributed by atoms with Gasteiger partial charge in [-0.1, -0.05) is 6.82 Å². The molecule has 37 valence electrons. The molecule has 0 aliphatic heterocycles. The quantitative estimate of drug-likeness (QED) is 0.210. The Labute approximate surface area is 43.3 Å². The molecule has 0 aromatic rings. The van der Waals surface area contributed by atoms with Crippen molar-refractivity contribution >= 4 is 19.1 Å². The number of hydrogen-bond acceptors (Lipinski definition) is 3. The number of hydrogen-bond donors (Lipinski definition) is 2. The summed E-state index contributed by atoms with van der Waals surface area (Å²) in [5.74, 6) is 4.80. The lowest BCUT2D eigenvalue weighted by Crippen LogP contribution is -2.08. The first-order valence-electron chi connectivity index (χ1n) is 1.93. The molecule has 0 bridgehead atoms. The molecule has 7 heavy (non-hydrogen) atoms. The second-order valence-electron chi connectivity index (χ2n) is 0.987. The van der Waals surface area contributed by atoms with Gasteiger partial charge < -0.3 is 11.3 Å². The lowest BCUT2D eigenvalue weighted by atomic mass is 9.76. The van der Waals surface area contributed by atoms with E-state index < -0.39 is 0 Å². The van der Waals surface area contributed by atoms with Crippen LogP contribution in [0.2, 0.25) is 6.82 Å². The van der Waals surface area contributed by atoms with Crippen LogP contribution in [0.3, 0.4) is 0 Å². The zero-order chi connectivity index (χ0) is 5.70. The SMILES string of the molecule is C[B]/C(C=N)=N/N. The Morgan fingerprint density at radius 1 is 2.00 bits per heavy atom. The van der Waals surface area contributed by atoms with Crippen LogP contribution in [0.25, 0.3) is 0 Å². The highest BCUT2D eigenvalue weighted by molar-refractivity contribution is 6.86. The minimum absolute atomic E-state index is 0.500. The standard InChI is InChI=1S/C3H7BN3/c1-4-3(2-5)7-6/h2,5H,6H2,1H3/b5-2?,7-3+. The van der Waals surface area contributed by atoms with E-state index in [1.807, 2.05) is 0 Å². The summed E-state index contributed by atoms with van der Waals surface area (Å²) >= 11 is 0. The van der Waals surface area contributed by atoms with E-state index in [0.29, 0.717) is 5.61 Å². The summed E-state index contributed by atoms with van der Waals surface area (Å²) < 4.78 is 0. The summed E-state index contributed by atoms with van der Waals surface area (Å²) in [5.41, 5.74) is 0.500. The molecule has 0 saturated carbocycles. The Balaban J connectivity index is 3.60. The lowest BCUT2D eigenvalue weighted by molar-refractivity contribution is 1.26. The molecule has 0 rings (SSSR count). The topological polar surface area (TPSA) is 62.2 Å². The summed E-state index contributed by atoms with van der Waals surface area (Å²) in [6, 6.07) is 0. The first-order chi connectivity index (χ1) is 3.35. The van der Waals surface area contributed by atoms with E-state index in [4.69, 9.17) is 11.3 Å². The van der Waals surface area contributed by atoms with Gasteiger partial charge in [-0.05, 0) is 0 Å². The van der Waals surface area contributed by atoms with Crippen LogP contribution in [0.5, 0.6) is 0 Å². The van der Waals surface area contributed by atoms with Gasteiger partial charge in [-0.15, -0.1) is 0 Å². The summed E-state index contributed by atoms with van der Waals surface area (Å²) in [6.07, 6.45) is 1.10. The molecule has 0 amide bonds. The van der Waals surface area contributed by atoms with E-state index in [9.17, 15) is 0 Å². The molecule has 0 aromatic heterocycles. The Hall–Kier alpha value is -0.795. The molecule has 3 N–H and O–H groups in total. The van der Waals surface area contributed by atoms with E-state index >= 15 is 0 Å². The van der Waals surface area contributed by atoms with Crippen molar-refractivity contribution in [1.29, 1.82) is 5.41 Å². The predicted octanol–water partition coefficient (Wildman–Crippen LogP) is -0.340. The fraction of sp³-hybridized carbons (Fsp3) is 0.333. The van der Waals surface area contributed by atoms with Crippen molar-refractivity contribution in [2.45, 2.75) is 6.82 Å². The molecule has 0 aromatic carbocycles. The van der Waals surface area contributed by atoms with Gasteiger partial charge in [-0.2, -0.15) is 5.10 Å². The highest BCUT2D eigenvalue weighted by Gasteiger charge is 1.85. The van der Waals surface area contributed by atoms with Crippen LogP contribution in [0.4, 0.5) is 0 Å². The van der Waals surface area contributed by atoms with E-state index in [1.165, 1.54) is 0 Å². The van der Waals surface area contributed by atoms with Crippen molar-refractivity contribution in [3.8, 4) is 0 Å². The van der Waals surface area contributed by atoms with Gasteiger partial charge >= 0.3 is 0 Å². The number of nitrogens with one attached hydrogen (secondary N) is 1. The zero-order valence-corrected chi connectivity index (χ0v) is 4.18. The third-order valence-electron chi connectivity index (χ3n) is 0.593. The molecule has 0 unspecified atom stereocenters. The predicted molar refractivity (Wildman–Crippen MR) is 32.0 cm³/mol. The van der Waals surface area contributed by atoms with Crippen molar-refractivity contribution in [2.75, 3.05) is 0 Å². The minimum Gasteiger partial charge on any atom is -0.324 e. The van der Waals surface area contributed by atoms with Crippen molar-refractivity contribution in [2.24, 2.45) is 10.9 Å². The van der Waals surface area contributed by atoms with Gasteiger partial charge in [0.05, 0.1) is 0 Å². The molecule has 0 saturated heterocycles. The molecule has 3 nitrogen and oxygen atoms in total. The number of hydrazone groups is 1. The van der Waals surface area contributed by atoms with Gasteiger partial charge in [0.1, 0.15) is 0 Å². The number of nitrogens with zero attached hydrogens (tertiary/aromatic N) is 1. The first-order valence-corrected chi connectivity index (χ1v) is 1.93. The Morgan fingerprint density at radius 2 is 2.57 bits per heavy atom. The van der Waals surface area contributed by atoms with E-state index in [2.05, 4.69) is 5.10 Å². The lowest BCUT2D eigenvalue weighted by Gasteiger charge is -1.83. The van der Waals surface area contributed by atoms with Gasteiger partial charge in [-0.3, -0.25) is 0 Å². The monoisotopic (exact) mass is 96.1 g/mol. The molecule has 0 heterocycles. The summed E-state index contributed by atoms with van der Waals surface area (Å²) in [7, 11) is 1.66. The molecule has 0 fully saturated rings. The third kappa shape index (κ3) is 1.97. The minimum atomic E-state index is 0.500. The van der Waals surface area contributed by atoms with Crippen LogP contribution in [0.15, 0.2) is 5.10 Å². The largest absolute Gasteiger partial charge is 0.324 e. The maximum Gasteiger partial charge on any atom is 0.178 e. The fourth-order valence-electron chi connectivity index (χ4n) is 0.195. The van der Waals surface area contributed by atoms with Gasteiger partial charge in [0.15, 0.2) is 7.28 Å². The Bertz CT molecular complexity index is 88.2. The smallest absolute Gasteiger partial charge is 0.178 e. The second kappa shape index (κ2) is 3.40. The van der Waals surface area contributed by atoms with Gasteiger partial charge in [0, 0.05) is 11.8 Å². The molecule has 0 spiro atoms. The van der Waals surface area contributed by atoms with Crippen molar-refractivity contribution in [1.82, 2.24) is 0 Å². The molecule has 1 radical (unpaired) electrons. The van der Waals surface area contributed by atoms with Crippen LogP contribution < -0.4 is 5.84 Å². The summed E-state index contributed by atoms with van der Waals surface area (Å²) in [6.45, 7) is 1.77. The summed E-state index contributed by atoms with van der Waals surface area (Å²) in [4.78, 5) is 0. The second-order valence-corrected chi connectivity index (χ2v) is 0.987. The van der Waals surface area contributed by atoms with Crippen molar-refractivity contribution in [3.05, 3.63) is 0 Å². The normalized spacial score (nSPS) is 10.7. The fourth-order valence-corrected chi connectivity index (χ4v) is 0.195. The van der Waals surface area contributed by atoms with Crippen LogP contribution in [0, 0.1) is 5.41 Å². The number of nitrogens with two attached hydrogens (primary N) is 1. The van der Waals surface area contributed by atoms with Crippen LogP contribution in [0.1, 0.15) is 0 Å². The first kappa shape index (κ1) is 6.20. The maximum absolute atomic E-state index is 6.59. The molecule has 4 heteroatoms. The van der Waals surface area contributed by atoms with Gasteiger partial charge in [0.2, 0.25) is 0 Å². The molecular formula is C3H7BN3. The van der Waals surface area contributed by atoms with Crippen LogP contribution in [-0.2, 0) is 0 Å². The Kier molecular flexibility index (Phi) is 3.01. The third-order valence-corrected chi connectivity index (χ3v) is 0.593. The molecule has 0 aliphatic rings. The molecule has 0 aliphatic carbocycles. The van der Waals surface area contributed by atoms with Gasteiger partial charge in [-0.25, -0.2) is 0 Å². The van der Waals surface area contributed by atoms with Crippen LogP contribution in [-0.4, -0.2) is 19.1 Å². The highest BCUT2D eigenvalue weighted by atomic mass is 15.1. The number of rotatable bonds is 2. The van der Waals surface area contributed by atoms with Gasteiger partial charge in [0.25, 0.3) is 0 Å². The Morgan fingerprint density at radius 3 is 2.57 bits per heavy atom. The van der Waals surface area contributed by atoms with Crippen LogP contribution >= 0.6 is 0 Å². The van der Waals surface area contributed by atoms with E-state index in [0.717, 1.165) is 6.21 Å². The highest BCUT2D eigenvalue weighted by Crippen LogP contribution is 1.62. The average molecular weight is 95.9 g/mol. The van der Waals surface area contributed by atoms with E-state index in [-0.39, 0.29) is 0 Å². The molecule has 0 atom stereocenters.